The lowest BCUT2D eigenvalue weighted by Gasteiger charge is -2.38. The second-order valence-electron chi connectivity index (χ2n) is 5.36. The van der Waals surface area contributed by atoms with Gasteiger partial charge in [-0.3, -0.25) is 9.80 Å². The molecule has 0 amide bonds. The van der Waals surface area contributed by atoms with Gasteiger partial charge in [0.05, 0.1) is 6.61 Å². The Bertz CT molecular complexity index is 208. The molecule has 1 saturated carbocycles. The van der Waals surface area contributed by atoms with Gasteiger partial charge in [0.1, 0.15) is 0 Å². The van der Waals surface area contributed by atoms with E-state index < -0.39 is 5.54 Å². The zero-order valence-corrected chi connectivity index (χ0v) is 9.65. The largest absolute Gasteiger partial charge is 0.394 e. The molecule has 1 aliphatic carbocycles. The highest BCUT2D eigenvalue weighted by molar-refractivity contribution is 4.89. The molecule has 0 bridgehead atoms. The number of aliphatic hydroxyl groups excluding tert-OH is 1. The van der Waals surface area contributed by atoms with E-state index in [1.807, 2.05) is 6.92 Å². The molecule has 1 saturated heterocycles. The first-order valence-corrected chi connectivity index (χ1v) is 5.97. The predicted octanol–water partition coefficient (Wildman–Crippen LogP) is -0.524. The first kappa shape index (κ1) is 11.3. The fraction of sp³-hybridized carbons (Fsp3) is 1.00. The molecule has 0 radical (unpaired) electrons. The van der Waals surface area contributed by atoms with Gasteiger partial charge in [0.2, 0.25) is 0 Å². The molecule has 1 heterocycles. The van der Waals surface area contributed by atoms with Crippen molar-refractivity contribution in [1.82, 2.24) is 9.80 Å². The fourth-order valence-corrected chi connectivity index (χ4v) is 2.29. The molecule has 1 unspecified atom stereocenters. The van der Waals surface area contributed by atoms with Crippen LogP contribution in [0.4, 0.5) is 0 Å². The van der Waals surface area contributed by atoms with Gasteiger partial charge in [-0.15, -0.1) is 0 Å². The maximum Gasteiger partial charge on any atom is 0.0621 e. The van der Waals surface area contributed by atoms with Crippen LogP contribution in [0.3, 0.4) is 0 Å². The summed E-state index contributed by atoms with van der Waals surface area (Å²) in [5.41, 5.74) is 5.51. The Hall–Kier alpha value is -0.160. The van der Waals surface area contributed by atoms with Gasteiger partial charge in [-0.25, -0.2) is 0 Å². The average molecular weight is 213 g/mol. The smallest absolute Gasteiger partial charge is 0.0621 e. The second-order valence-corrected chi connectivity index (χ2v) is 5.36. The molecule has 0 spiro atoms. The number of nitrogens with two attached hydrogens (primary N) is 1. The molecule has 15 heavy (non-hydrogen) atoms. The van der Waals surface area contributed by atoms with E-state index >= 15 is 0 Å². The Morgan fingerprint density at radius 1 is 1.27 bits per heavy atom. The molecule has 1 atom stereocenters. The van der Waals surface area contributed by atoms with E-state index in [0.29, 0.717) is 0 Å². The number of piperazine rings is 1. The fourth-order valence-electron chi connectivity index (χ4n) is 2.29. The van der Waals surface area contributed by atoms with Crippen LogP contribution in [-0.2, 0) is 0 Å². The van der Waals surface area contributed by atoms with Gasteiger partial charge in [-0.2, -0.15) is 0 Å². The molecule has 2 aliphatic rings. The van der Waals surface area contributed by atoms with Crippen LogP contribution in [0.5, 0.6) is 0 Å². The van der Waals surface area contributed by atoms with Crippen LogP contribution in [-0.4, -0.2) is 65.8 Å². The van der Waals surface area contributed by atoms with E-state index in [-0.39, 0.29) is 6.61 Å². The van der Waals surface area contributed by atoms with Crippen molar-refractivity contribution in [3.63, 3.8) is 0 Å². The van der Waals surface area contributed by atoms with E-state index in [1.54, 1.807) is 0 Å². The lowest BCUT2D eigenvalue weighted by atomic mass is 10.0. The van der Waals surface area contributed by atoms with Crippen molar-refractivity contribution in [2.45, 2.75) is 31.3 Å². The molecular weight excluding hydrogens is 190 g/mol. The minimum atomic E-state index is -0.443. The van der Waals surface area contributed by atoms with Crippen molar-refractivity contribution in [3.05, 3.63) is 0 Å². The number of hydrogen-bond acceptors (Lipinski definition) is 4. The minimum Gasteiger partial charge on any atom is -0.394 e. The summed E-state index contributed by atoms with van der Waals surface area (Å²) >= 11 is 0. The lowest BCUT2D eigenvalue weighted by molar-refractivity contribution is 0.0900. The van der Waals surface area contributed by atoms with Crippen molar-refractivity contribution in [2.24, 2.45) is 5.73 Å². The quantitative estimate of drug-likeness (QED) is 0.659. The van der Waals surface area contributed by atoms with Crippen LogP contribution in [0, 0.1) is 0 Å². The van der Waals surface area contributed by atoms with Crippen LogP contribution in [0.25, 0.3) is 0 Å². The van der Waals surface area contributed by atoms with Gasteiger partial charge in [-0.1, -0.05) is 0 Å². The number of nitrogens with zero attached hydrogens (tertiary/aromatic N) is 2. The van der Waals surface area contributed by atoms with E-state index in [1.165, 1.54) is 25.9 Å². The Balaban J connectivity index is 1.73. The monoisotopic (exact) mass is 213 g/mol. The molecule has 3 N–H and O–H groups in total. The summed E-state index contributed by atoms with van der Waals surface area (Å²) in [5.74, 6) is 0. The van der Waals surface area contributed by atoms with E-state index in [4.69, 9.17) is 10.8 Å². The second kappa shape index (κ2) is 4.37. The summed E-state index contributed by atoms with van der Waals surface area (Å²) in [6.45, 7) is 7.34. The first-order chi connectivity index (χ1) is 7.11. The third-order valence-corrected chi connectivity index (χ3v) is 3.42. The molecule has 88 valence electrons. The maximum atomic E-state index is 9.11. The zero-order valence-electron chi connectivity index (χ0n) is 9.65. The minimum absolute atomic E-state index is 0.0653. The predicted molar refractivity (Wildman–Crippen MR) is 60.7 cm³/mol. The van der Waals surface area contributed by atoms with Crippen LogP contribution in [0.15, 0.2) is 0 Å². The van der Waals surface area contributed by atoms with Crippen molar-refractivity contribution >= 4 is 0 Å². The summed E-state index contributed by atoms with van der Waals surface area (Å²) in [4.78, 5) is 4.96. The van der Waals surface area contributed by atoms with Gasteiger partial charge >= 0.3 is 0 Å². The topological polar surface area (TPSA) is 52.7 Å². The van der Waals surface area contributed by atoms with Crippen molar-refractivity contribution in [2.75, 3.05) is 39.3 Å². The summed E-state index contributed by atoms with van der Waals surface area (Å²) in [7, 11) is 0. The molecule has 2 rings (SSSR count). The van der Waals surface area contributed by atoms with Gasteiger partial charge in [0, 0.05) is 44.3 Å². The Morgan fingerprint density at radius 2 is 1.87 bits per heavy atom. The highest BCUT2D eigenvalue weighted by atomic mass is 16.3. The Kier molecular flexibility index (Phi) is 3.30. The third kappa shape index (κ3) is 3.14. The molecule has 2 fully saturated rings. The van der Waals surface area contributed by atoms with Crippen molar-refractivity contribution in [3.8, 4) is 0 Å². The van der Waals surface area contributed by atoms with Crippen LogP contribution >= 0.6 is 0 Å². The van der Waals surface area contributed by atoms with E-state index in [9.17, 15) is 0 Å². The summed E-state index contributed by atoms with van der Waals surface area (Å²) < 4.78 is 0. The van der Waals surface area contributed by atoms with E-state index in [2.05, 4.69) is 9.80 Å². The maximum absolute atomic E-state index is 9.11. The van der Waals surface area contributed by atoms with Gasteiger partial charge in [0.25, 0.3) is 0 Å². The van der Waals surface area contributed by atoms with Gasteiger partial charge in [0.15, 0.2) is 0 Å². The number of aliphatic hydroxyl groups is 1. The third-order valence-electron chi connectivity index (χ3n) is 3.42. The Labute approximate surface area is 92.0 Å². The zero-order chi connectivity index (χ0) is 10.9. The molecule has 0 aromatic heterocycles. The summed E-state index contributed by atoms with van der Waals surface area (Å²) in [5, 5.41) is 9.11. The highest BCUT2D eigenvalue weighted by Crippen LogP contribution is 2.27. The molecular formula is C11H23N3O. The SMILES string of the molecule is CC(N)(CO)CN1CCN(C2CC2)CC1. The van der Waals surface area contributed by atoms with Crippen LogP contribution in [0.2, 0.25) is 0 Å². The Morgan fingerprint density at radius 3 is 2.33 bits per heavy atom. The molecule has 4 heteroatoms. The lowest BCUT2D eigenvalue weighted by Crippen LogP contribution is -2.55. The van der Waals surface area contributed by atoms with E-state index in [0.717, 1.165) is 25.7 Å². The van der Waals surface area contributed by atoms with Crippen LogP contribution in [0.1, 0.15) is 19.8 Å². The molecule has 1 aliphatic heterocycles. The number of rotatable bonds is 4. The van der Waals surface area contributed by atoms with Gasteiger partial charge in [-0.05, 0) is 19.8 Å². The van der Waals surface area contributed by atoms with Gasteiger partial charge < -0.3 is 10.8 Å². The summed E-state index contributed by atoms with van der Waals surface area (Å²) in [6, 6.07) is 0.884. The average Bonchev–Trinajstić information content (AvgIpc) is 3.02. The normalized spacial score (nSPS) is 29.0. The first-order valence-electron chi connectivity index (χ1n) is 5.97. The van der Waals surface area contributed by atoms with Crippen molar-refractivity contribution < 1.29 is 5.11 Å². The standard InChI is InChI=1S/C11H23N3O/c1-11(12,9-15)8-13-4-6-14(7-5-13)10-2-3-10/h10,15H,2-9,12H2,1H3. The molecule has 0 aromatic rings. The highest BCUT2D eigenvalue weighted by Gasteiger charge is 2.32. The molecule has 4 nitrogen and oxygen atoms in total. The summed E-state index contributed by atoms with van der Waals surface area (Å²) in [6.07, 6.45) is 2.79. The van der Waals surface area contributed by atoms with Crippen LogP contribution < -0.4 is 5.73 Å². The number of hydrogen-bond donors (Lipinski definition) is 2. The van der Waals surface area contributed by atoms with Crippen molar-refractivity contribution in [1.29, 1.82) is 0 Å². The molecule has 0 aromatic carbocycles.